The number of nitrogens with one attached hydrogen (secondary N) is 1. The van der Waals surface area contributed by atoms with Crippen molar-refractivity contribution in [2.75, 3.05) is 0 Å². The zero-order chi connectivity index (χ0) is 9.26. The third kappa shape index (κ3) is 1.43. The minimum atomic E-state index is 0.219. The lowest BCUT2D eigenvalue weighted by molar-refractivity contribution is 0.457. The first kappa shape index (κ1) is 7.92. The van der Waals surface area contributed by atoms with Crippen LogP contribution >= 0.6 is 0 Å². The predicted octanol–water partition coefficient (Wildman–Crippen LogP) is 2.70. The predicted molar refractivity (Wildman–Crippen MR) is 52.6 cm³/mol. The number of hydrogen-bond donors (Lipinski definition) is 2. The van der Waals surface area contributed by atoms with Gasteiger partial charge in [0.25, 0.3) is 0 Å². The van der Waals surface area contributed by atoms with Crippen molar-refractivity contribution in [3.8, 4) is 17.1 Å². The molecule has 1 aromatic carbocycles. The first-order chi connectivity index (χ1) is 6.27. The van der Waals surface area contributed by atoms with Crippen molar-refractivity contribution in [2.24, 2.45) is 0 Å². The van der Waals surface area contributed by atoms with Gasteiger partial charge in [0.05, 0.1) is 5.69 Å². The fourth-order valence-electron chi connectivity index (χ4n) is 1.44. The Bertz CT molecular complexity index is 403. The van der Waals surface area contributed by atoms with Gasteiger partial charge in [-0.25, -0.2) is 0 Å². The average Bonchev–Trinajstić information content (AvgIpc) is 2.47. The standard InChI is InChI=1S/C11H11NO/c1-8-7-10(13)12-11(8)9-5-3-2-4-6-9/h2-7,12-13H,1H3. The summed E-state index contributed by atoms with van der Waals surface area (Å²) in [5.74, 6) is 0.219. The number of aromatic amines is 1. The molecule has 1 heterocycles. The molecule has 0 saturated carbocycles. The van der Waals surface area contributed by atoms with Gasteiger partial charge in [0, 0.05) is 6.07 Å². The van der Waals surface area contributed by atoms with E-state index in [1.54, 1.807) is 6.07 Å². The SMILES string of the molecule is Cc1cc(O)[nH]c1-c1ccccc1. The van der Waals surface area contributed by atoms with Crippen molar-refractivity contribution in [2.45, 2.75) is 6.92 Å². The Hall–Kier alpha value is -1.70. The molecule has 1 aromatic heterocycles. The molecule has 2 N–H and O–H groups in total. The largest absolute Gasteiger partial charge is 0.495 e. The Morgan fingerprint density at radius 2 is 1.85 bits per heavy atom. The van der Waals surface area contributed by atoms with Gasteiger partial charge in [0.2, 0.25) is 0 Å². The third-order valence-electron chi connectivity index (χ3n) is 2.06. The summed E-state index contributed by atoms with van der Waals surface area (Å²) in [6, 6.07) is 11.7. The van der Waals surface area contributed by atoms with E-state index in [2.05, 4.69) is 4.98 Å². The Morgan fingerprint density at radius 1 is 1.15 bits per heavy atom. The molecule has 0 aliphatic carbocycles. The van der Waals surface area contributed by atoms with Crippen molar-refractivity contribution in [1.29, 1.82) is 0 Å². The van der Waals surface area contributed by atoms with Gasteiger partial charge in [-0.2, -0.15) is 0 Å². The van der Waals surface area contributed by atoms with Crippen molar-refractivity contribution < 1.29 is 5.11 Å². The summed E-state index contributed by atoms with van der Waals surface area (Å²) in [7, 11) is 0. The second-order valence-corrected chi connectivity index (χ2v) is 3.08. The molecular weight excluding hydrogens is 162 g/mol. The number of aromatic hydroxyl groups is 1. The maximum Gasteiger partial charge on any atom is 0.188 e. The highest BCUT2D eigenvalue weighted by atomic mass is 16.3. The average molecular weight is 173 g/mol. The number of rotatable bonds is 1. The van der Waals surface area contributed by atoms with E-state index in [0.717, 1.165) is 16.8 Å². The van der Waals surface area contributed by atoms with Gasteiger partial charge in [-0.15, -0.1) is 0 Å². The highest BCUT2D eigenvalue weighted by Crippen LogP contribution is 2.25. The van der Waals surface area contributed by atoms with E-state index in [1.165, 1.54) is 0 Å². The molecular formula is C11H11NO. The topological polar surface area (TPSA) is 36.0 Å². The summed E-state index contributed by atoms with van der Waals surface area (Å²) >= 11 is 0. The molecule has 0 bridgehead atoms. The Morgan fingerprint density at radius 3 is 2.38 bits per heavy atom. The summed E-state index contributed by atoms with van der Waals surface area (Å²) in [6.45, 7) is 1.97. The fourth-order valence-corrected chi connectivity index (χ4v) is 1.44. The number of hydrogen-bond acceptors (Lipinski definition) is 1. The van der Waals surface area contributed by atoms with Gasteiger partial charge in [-0.05, 0) is 18.1 Å². The van der Waals surface area contributed by atoms with Crippen molar-refractivity contribution >= 4 is 0 Å². The molecule has 0 unspecified atom stereocenters. The Balaban J connectivity index is 2.53. The second-order valence-electron chi connectivity index (χ2n) is 3.08. The highest BCUT2D eigenvalue weighted by molar-refractivity contribution is 5.64. The number of benzene rings is 1. The lowest BCUT2D eigenvalue weighted by atomic mass is 10.1. The van der Waals surface area contributed by atoms with Gasteiger partial charge in [-0.3, -0.25) is 0 Å². The van der Waals surface area contributed by atoms with E-state index < -0.39 is 0 Å². The quantitative estimate of drug-likeness (QED) is 0.683. The van der Waals surface area contributed by atoms with Crippen LogP contribution in [0.4, 0.5) is 0 Å². The summed E-state index contributed by atoms with van der Waals surface area (Å²) in [4.78, 5) is 2.92. The first-order valence-corrected chi connectivity index (χ1v) is 4.21. The normalized spacial score (nSPS) is 10.2. The molecule has 0 fully saturated rings. The summed E-state index contributed by atoms with van der Waals surface area (Å²) in [5, 5.41) is 9.24. The molecule has 66 valence electrons. The highest BCUT2D eigenvalue weighted by Gasteiger charge is 2.04. The van der Waals surface area contributed by atoms with E-state index in [0.29, 0.717) is 0 Å². The molecule has 0 amide bonds. The molecule has 0 spiro atoms. The van der Waals surface area contributed by atoms with Crippen LogP contribution in [0.5, 0.6) is 5.88 Å². The molecule has 0 aliphatic heterocycles. The Kier molecular flexibility index (Phi) is 1.81. The molecule has 2 heteroatoms. The van der Waals surface area contributed by atoms with Gasteiger partial charge in [0.1, 0.15) is 0 Å². The van der Waals surface area contributed by atoms with Crippen molar-refractivity contribution in [1.82, 2.24) is 4.98 Å². The molecule has 2 aromatic rings. The zero-order valence-corrected chi connectivity index (χ0v) is 7.41. The van der Waals surface area contributed by atoms with Crippen LogP contribution in [-0.2, 0) is 0 Å². The molecule has 13 heavy (non-hydrogen) atoms. The summed E-state index contributed by atoms with van der Waals surface area (Å²) < 4.78 is 0. The van der Waals surface area contributed by atoms with Gasteiger partial charge >= 0.3 is 0 Å². The van der Waals surface area contributed by atoms with E-state index in [-0.39, 0.29) is 5.88 Å². The maximum atomic E-state index is 9.24. The number of H-pyrrole nitrogens is 1. The molecule has 0 aliphatic rings. The second kappa shape index (κ2) is 2.98. The van der Waals surface area contributed by atoms with Crippen LogP contribution in [0.2, 0.25) is 0 Å². The van der Waals surface area contributed by atoms with Gasteiger partial charge in [-0.1, -0.05) is 30.3 Å². The van der Waals surface area contributed by atoms with E-state index in [4.69, 9.17) is 0 Å². The maximum absolute atomic E-state index is 9.24. The van der Waals surface area contributed by atoms with Crippen LogP contribution in [0.15, 0.2) is 36.4 Å². The van der Waals surface area contributed by atoms with E-state index in [1.807, 2.05) is 37.3 Å². The lowest BCUT2D eigenvalue weighted by Gasteiger charge is -1.98. The van der Waals surface area contributed by atoms with Crippen molar-refractivity contribution in [3.05, 3.63) is 42.0 Å². The lowest BCUT2D eigenvalue weighted by Crippen LogP contribution is -1.78. The smallest absolute Gasteiger partial charge is 0.188 e. The first-order valence-electron chi connectivity index (χ1n) is 4.21. The van der Waals surface area contributed by atoms with Crippen LogP contribution in [-0.4, -0.2) is 10.1 Å². The van der Waals surface area contributed by atoms with Crippen LogP contribution < -0.4 is 0 Å². The molecule has 0 atom stereocenters. The minimum absolute atomic E-state index is 0.219. The fraction of sp³-hybridized carbons (Fsp3) is 0.0909. The van der Waals surface area contributed by atoms with Crippen molar-refractivity contribution in [3.63, 3.8) is 0 Å². The third-order valence-corrected chi connectivity index (χ3v) is 2.06. The minimum Gasteiger partial charge on any atom is -0.495 e. The Labute approximate surface area is 76.9 Å². The zero-order valence-electron chi connectivity index (χ0n) is 7.41. The van der Waals surface area contributed by atoms with E-state index in [9.17, 15) is 5.11 Å². The van der Waals surface area contributed by atoms with Crippen LogP contribution in [0.25, 0.3) is 11.3 Å². The molecule has 2 rings (SSSR count). The monoisotopic (exact) mass is 173 g/mol. The summed E-state index contributed by atoms with van der Waals surface area (Å²) in [5.41, 5.74) is 3.14. The molecule has 0 saturated heterocycles. The van der Waals surface area contributed by atoms with Crippen LogP contribution in [0.1, 0.15) is 5.56 Å². The number of aryl methyl sites for hydroxylation is 1. The van der Waals surface area contributed by atoms with Crippen LogP contribution in [0, 0.1) is 6.92 Å². The summed E-state index contributed by atoms with van der Waals surface area (Å²) in [6.07, 6.45) is 0. The number of aromatic nitrogens is 1. The molecule has 0 radical (unpaired) electrons. The van der Waals surface area contributed by atoms with Crippen LogP contribution in [0.3, 0.4) is 0 Å². The van der Waals surface area contributed by atoms with E-state index >= 15 is 0 Å². The molecule has 2 nitrogen and oxygen atoms in total. The van der Waals surface area contributed by atoms with Gasteiger partial charge < -0.3 is 10.1 Å². The van der Waals surface area contributed by atoms with Gasteiger partial charge in [0.15, 0.2) is 5.88 Å².